The molecule has 0 radical (unpaired) electrons. The number of hydrogen-bond donors (Lipinski definition) is 0. The van der Waals surface area contributed by atoms with E-state index in [1.165, 1.54) is 11.3 Å². The van der Waals surface area contributed by atoms with Crippen molar-refractivity contribution in [2.75, 3.05) is 53.6 Å². The number of ether oxygens (including phenoxy) is 2. The molecule has 1 saturated heterocycles. The molecule has 1 fully saturated rings. The third-order valence-corrected chi connectivity index (χ3v) is 6.81. The Kier molecular flexibility index (Phi) is 6.39. The van der Waals surface area contributed by atoms with Crippen molar-refractivity contribution in [2.24, 2.45) is 0 Å². The summed E-state index contributed by atoms with van der Waals surface area (Å²) < 4.78 is 13.1. The van der Waals surface area contributed by atoms with Crippen LogP contribution in [-0.2, 0) is 17.6 Å². The molecule has 33 heavy (non-hydrogen) atoms. The second-order valence-corrected chi connectivity index (χ2v) is 8.84. The van der Waals surface area contributed by atoms with Gasteiger partial charge in [-0.1, -0.05) is 0 Å². The molecular weight excluding hydrogens is 416 g/mol. The first-order valence-corrected chi connectivity index (χ1v) is 11.7. The van der Waals surface area contributed by atoms with Gasteiger partial charge in [0, 0.05) is 68.2 Å². The predicted octanol–water partition coefficient (Wildman–Crippen LogP) is 2.76. The highest BCUT2D eigenvalue weighted by atomic mass is 16.5. The van der Waals surface area contributed by atoms with E-state index in [0.717, 1.165) is 61.7 Å². The van der Waals surface area contributed by atoms with E-state index in [4.69, 9.17) is 19.6 Å². The fourth-order valence-electron chi connectivity index (χ4n) is 4.73. The van der Waals surface area contributed by atoms with Crippen LogP contribution in [0.2, 0.25) is 0 Å². The normalized spacial score (nSPS) is 18.5. The highest BCUT2D eigenvalue weighted by molar-refractivity contribution is 5.65. The highest BCUT2D eigenvalue weighted by Gasteiger charge is 2.24. The van der Waals surface area contributed by atoms with E-state index in [2.05, 4.69) is 45.6 Å². The van der Waals surface area contributed by atoms with Crippen molar-refractivity contribution in [3.8, 4) is 22.8 Å². The summed E-state index contributed by atoms with van der Waals surface area (Å²) in [5.74, 6) is 0.601. The van der Waals surface area contributed by atoms with E-state index in [1.54, 1.807) is 7.11 Å². The van der Waals surface area contributed by atoms with Gasteiger partial charge in [0.25, 0.3) is 0 Å². The minimum absolute atomic E-state index is 0.265. The van der Waals surface area contributed by atoms with E-state index in [0.29, 0.717) is 19.1 Å². The van der Waals surface area contributed by atoms with Crippen LogP contribution in [0.3, 0.4) is 0 Å². The van der Waals surface area contributed by atoms with Crippen molar-refractivity contribution in [1.82, 2.24) is 29.5 Å². The molecule has 0 aromatic carbocycles. The first-order chi connectivity index (χ1) is 16.1. The molecule has 0 N–H and O–H groups in total. The largest absolute Gasteiger partial charge is 0.481 e. The van der Waals surface area contributed by atoms with Crippen LogP contribution in [0, 0.1) is 0 Å². The fraction of sp³-hybridized carbons (Fsp3) is 0.480. The Labute approximate surface area is 195 Å². The quantitative estimate of drug-likeness (QED) is 0.595. The lowest BCUT2D eigenvalue weighted by Gasteiger charge is -2.36. The Balaban J connectivity index is 1.51. The summed E-state index contributed by atoms with van der Waals surface area (Å²) in [5.41, 5.74) is 6.54. The van der Waals surface area contributed by atoms with Crippen LogP contribution in [-0.4, -0.2) is 83.1 Å². The van der Waals surface area contributed by atoms with E-state index in [1.807, 2.05) is 24.5 Å². The number of methoxy groups -OCH3 is 1. The molecule has 0 amide bonds. The molecule has 5 rings (SSSR count). The summed E-state index contributed by atoms with van der Waals surface area (Å²) in [6.45, 7) is 7.97. The van der Waals surface area contributed by atoms with Gasteiger partial charge in [-0.2, -0.15) is 5.10 Å². The molecule has 1 atom stereocenters. The average molecular weight is 449 g/mol. The SMILES string of the molecule is COc1ccc(-c2nn(-c3ccnc([C@H](C)N4CCN(C)CC4)c3)c3c2CCOCC3)cn1. The summed E-state index contributed by atoms with van der Waals surface area (Å²) >= 11 is 0. The lowest BCUT2D eigenvalue weighted by molar-refractivity contribution is 0.117. The van der Waals surface area contributed by atoms with Crippen LogP contribution in [0.4, 0.5) is 0 Å². The summed E-state index contributed by atoms with van der Waals surface area (Å²) in [6.07, 6.45) is 5.42. The molecule has 2 aliphatic heterocycles. The van der Waals surface area contributed by atoms with E-state index in [-0.39, 0.29) is 6.04 Å². The van der Waals surface area contributed by atoms with E-state index >= 15 is 0 Å². The minimum atomic E-state index is 0.265. The van der Waals surface area contributed by atoms with Crippen molar-refractivity contribution in [3.05, 3.63) is 53.6 Å². The van der Waals surface area contributed by atoms with Crippen LogP contribution in [0.5, 0.6) is 5.88 Å². The number of aromatic nitrogens is 4. The van der Waals surface area contributed by atoms with Gasteiger partial charge in [-0.25, -0.2) is 9.67 Å². The zero-order valence-electron chi connectivity index (χ0n) is 19.7. The molecule has 8 heteroatoms. The highest BCUT2D eigenvalue weighted by Crippen LogP contribution is 2.31. The van der Waals surface area contributed by atoms with Crippen LogP contribution in [0.25, 0.3) is 16.9 Å². The van der Waals surface area contributed by atoms with E-state index in [9.17, 15) is 0 Å². The van der Waals surface area contributed by atoms with Crippen molar-refractivity contribution < 1.29 is 9.47 Å². The minimum Gasteiger partial charge on any atom is -0.481 e. The Morgan fingerprint density at radius 3 is 2.61 bits per heavy atom. The van der Waals surface area contributed by atoms with Crippen molar-refractivity contribution in [2.45, 2.75) is 25.8 Å². The second-order valence-electron chi connectivity index (χ2n) is 8.84. The molecule has 2 aliphatic rings. The van der Waals surface area contributed by atoms with Gasteiger partial charge in [0.1, 0.15) is 0 Å². The monoisotopic (exact) mass is 448 g/mol. The van der Waals surface area contributed by atoms with Crippen LogP contribution >= 0.6 is 0 Å². The number of likely N-dealkylation sites (N-methyl/N-ethyl adjacent to an activating group) is 1. The molecule has 0 unspecified atom stereocenters. The first kappa shape index (κ1) is 22.0. The lowest BCUT2D eigenvalue weighted by Crippen LogP contribution is -2.45. The smallest absolute Gasteiger partial charge is 0.212 e. The third-order valence-electron chi connectivity index (χ3n) is 6.81. The maximum absolute atomic E-state index is 5.80. The maximum atomic E-state index is 5.80. The standard InChI is InChI=1S/C25H32N6O2/c1-18(30-12-10-29(2)11-13-30)22-16-20(6-9-26-22)31-23-8-15-33-14-7-21(23)25(28-31)19-4-5-24(32-3)27-17-19/h4-6,9,16-18H,7-8,10-15H2,1-3H3/t18-/m0/s1. The van der Waals surface area contributed by atoms with Gasteiger partial charge in [-0.3, -0.25) is 9.88 Å². The molecular formula is C25H32N6O2. The van der Waals surface area contributed by atoms with Gasteiger partial charge in [0.05, 0.1) is 43.1 Å². The lowest BCUT2D eigenvalue weighted by atomic mass is 10.0. The number of nitrogens with zero attached hydrogens (tertiary/aromatic N) is 6. The molecule has 0 spiro atoms. The van der Waals surface area contributed by atoms with Crippen molar-refractivity contribution >= 4 is 0 Å². The Hall–Kier alpha value is -2.81. The summed E-state index contributed by atoms with van der Waals surface area (Å²) in [6, 6.07) is 8.42. The van der Waals surface area contributed by atoms with Crippen LogP contribution < -0.4 is 4.74 Å². The zero-order valence-corrected chi connectivity index (χ0v) is 19.7. The zero-order chi connectivity index (χ0) is 22.8. The third kappa shape index (κ3) is 4.51. The number of pyridine rings is 2. The average Bonchev–Trinajstić information content (AvgIpc) is 3.04. The molecule has 0 aliphatic carbocycles. The Morgan fingerprint density at radius 2 is 1.85 bits per heavy atom. The van der Waals surface area contributed by atoms with Gasteiger partial charge in [0.15, 0.2) is 0 Å². The molecule has 0 bridgehead atoms. The van der Waals surface area contributed by atoms with Gasteiger partial charge >= 0.3 is 0 Å². The molecule has 5 heterocycles. The van der Waals surface area contributed by atoms with Gasteiger partial charge in [-0.05, 0) is 38.6 Å². The topological polar surface area (TPSA) is 68.5 Å². The molecule has 8 nitrogen and oxygen atoms in total. The van der Waals surface area contributed by atoms with Crippen LogP contribution in [0.1, 0.15) is 29.9 Å². The summed E-state index contributed by atoms with van der Waals surface area (Å²) in [5, 5.41) is 5.08. The van der Waals surface area contributed by atoms with Crippen molar-refractivity contribution in [1.29, 1.82) is 0 Å². The molecule has 0 saturated carbocycles. The predicted molar refractivity (Wildman–Crippen MR) is 127 cm³/mol. The molecule has 174 valence electrons. The Morgan fingerprint density at radius 1 is 1.03 bits per heavy atom. The number of hydrogen-bond acceptors (Lipinski definition) is 7. The molecule has 3 aromatic heterocycles. The number of piperazine rings is 1. The van der Waals surface area contributed by atoms with E-state index < -0.39 is 0 Å². The first-order valence-electron chi connectivity index (χ1n) is 11.7. The van der Waals surface area contributed by atoms with Gasteiger partial charge in [-0.15, -0.1) is 0 Å². The summed E-state index contributed by atoms with van der Waals surface area (Å²) in [7, 11) is 3.81. The number of rotatable bonds is 5. The fourth-order valence-corrected chi connectivity index (χ4v) is 4.73. The van der Waals surface area contributed by atoms with Crippen LogP contribution in [0.15, 0.2) is 36.7 Å². The Bertz CT molecular complexity index is 1090. The maximum Gasteiger partial charge on any atom is 0.212 e. The summed E-state index contributed by atoms with van der Waals surface area (Å²) in [4.78, 5) is 14.0. The van der Waals surface area contributed by atoms with Gasteiger partial charge < -0.3 is 14.4 Å². The van der Waals surface area contributed by atoms with Gasteiger partial charge in [0.2, 0.25) is 5.88 Å². The second kappa shape index (κ2) is 9.59. The number of fused-ring (bicyclic) bond motifs is 1. The molecule has 3 aromatic rings. The van der Waals surface area contributed by atoms with Crippen molar-refractivity contribution in [3.63, 3.8) is 0 Å².